The first-order valence-electron chi connectivity index (χ1n) is 11.9. The molecule has 3 aromatic rings. The van der Waals surface area contributed by atoms with E-state index in [1.54, 1.807) is 31.2 Å². The maximum Gasteiger partial charge on any atom is 0.253 e. The number of carbonyl (C=O) groups is 1. The van der Waals surface area contributed by atoms with Crippen molar-refractivity contribution < 1.29 is 14.6 Å². The lowest BCUT2D eigenvalue weighted by Gasteiger charge is -2.23. The Bertz CT molecular complexity index is 1110. The lowest BCUT2D eigenvalue weighted by atomic mass is 10.0. The Morgan fingerprint density at radius 2 is 1.77 bits per heavy atom. The average molecular weight is 478 g/mol. The van der Waals surface area contributed by atoms with Crippen molar-refractivity contribution in [1.82, 2.24) is 15.2 Å². The van der Waals surface area contributed by atoms with Crippen LogP contribution in [0.5, 0.6) is 0 Å². The van der Waals surface area contributed by atoms with Gasteiger partial charge in [-0.25, -0.2) is 0 Å². The molecule has 7 heteroatoms. The smallest absolute Gasteiger partial charge is 0.253 e. The van der Waals surface area contributed by atoms with Crippen molar-refractivity contribution >= 4 is 5.91 Å². The number of aromatic nitrogens is 1. The van der Waals surface area contributed by atoms with Gasteiger partial charge in [0.2, 0.25) is 5.56 Å². The van der Waals surface area contributed by atoms with E-state index in [0.717, 1.165) is 24.0 Å². The van der Waals surface area contributed by atoms with Gasteiger partial charge in [-0.15, -0.1) is 0 Å². The zero-order chi connectivity index (χ0) is 25.2. The molecule has 0 aliphatic heterocycles. The predicted molar refractivity (Wildman–Crippen MR) is 137 cm³/mol. The summed E-state index contributed by atoms with van der Waals surface area (Å²) in [6.45, 7) is 2.91. The molecule has 0 aliphatic rings. The Kier molecular flexibility index (Phi) is 9.78. The quantitative estimate of drug-likeness (QED) is 0.371. The molecule has 0 fully saturated rings. The number of aliphatic hydroxyl groups is 1. The van der Waals surface area contributed by atoms with Crippen LogP contribution in [0.15, 0.2) is 77.6 Å². The molecule has 0 saturated carbocycles. The van der Waals surface area contributed by atoms with Gasteiger partial charge in [-0.3, -0.25) is 9.59 Å². The van der Waals surface area contributed by atoms with Gasteiger partial charge >= 0.3 is 0 Å². The molecule has 3 N–H and O–H groups in total. The minimum atomic E-state index is -0.551. The van der Waals surface area contributed by atoms with E-state index in [9.17, 15) is 14.7 Å². The van der Waals surface area contributed by atoms with Crippen molar-refractivity contribution in [2.45, 2.75) is 38.0 Å². The summed E-state index contributed by atoms with van der Waals surface area (Å²) in [6.07, 6.45) is 0.741. The lowest BCUT2D eigenvalue weighted by molar-refractivity contribution is 0.0524. The molecule has 3 atom stereocenters. The van der Waals surface area contributed by atoms with Crippen LogP contribution in [0.4, 0.5) is 0 Å². The molecule has 1 amide bonds. The van der Waals surface area contributed by atoms with E-state index in [0.29, 0.717) is 24.3 Å². The maximum absolute atomic E-state index is 13.0. The highest BCUT2D eigenvalue weighted by atomic mass is 16.5. The normalized spacial score (nSPS) is 13.7. The molecule has 2 aromatic carbocycles. The number of benzene rings is 2. The second kappa shape index (κ2) is 13.0. The molecule has 3 rings (SSSR count). The highest BCUT2D eigenvalue weighted by molar-refractivity contribution is 5.94. The number of pyridine rings is 1. The van der Waals surface area contributed by atoms with Crippen LogP contribution in [-0.4, -0.2) is 54.2 Å². The van der Waals surface area contributed by atoms with Crippen molar-refractivity contribution in [2.24, 2.45) is 0 Å². The molecule has 0 spiro atoms. The third-order valence-corrected chi connectivity index (χ3v) is 6.17. The number of methoxy groups -OCH3 is 1. The topological polar surface area (TPSA) is 94.7 Å². The van der Waals surface area contributed by atoms with Crippen LogP contribution in [0.3, 0.4) is 0 Å². The number of aliphatic hydroxyl groups excluding tert-OH is 1. The van der Waals surface area contributed by atoms with E-state index in [1.807, 2.05) is 54.6 Å². The van der Waals surface area contributed by atoms with Crippen LogP contribution in [-0.2, 0) is 11.2 Å². The van der Waals surface area contributed by atoms with Gasteiger partial charge in [-0.1, -0.05) is 55.5 Å². The summed E-state index contributed by atoms with van der Waals surface area (Å²) < 4.78 is 5.50. The SMILES string of the molecule is CC[C@@H](Cc1ccc(C(=O)N(C)CC(OC)c2cccc(=O)[nH]2)cc1)NC[C@H](O)c1ccccc1. The Labute approximate surface area is 206 Å². The monoisotopic (exact) mass is 477 g/mol. The fourth-order valence-corrected chi connectivity index (χ4v) is 4.00. The fraction of sp³-hybridized carbons (Fsp3) is 0.357. The molecular formula is C28H35N3O4. The van der Waals surface area contributed by atoms with E-state index < -0.39 is 12.2 Å². The number of hydrogen-bond acceptors (Lipinski definition) is 5. The number of rotatable bonds is 12. The zero-order valence-corrected chi connectivity index (χ0v) is 20.6. The summed E-state index contributed by atoms with van der Waals surface area (Å²) in [5.74, 6) is -0.118. The van der Waals surface area contributed by atoms with Crippen LogP contribution >= 0.6 is 0 Å². The molecule has 0 radical (unpaired) electrons. The summed E-state index contributed by atoms with van der Waals surface area (Å²) in [5.41, 5.74) is 3.03. The van der Waals surface area contributed by atoms with Crippen molar-refractivity contribution in [3.8, 4) is 0 Å². The Hall–Kier alpha value is -3.26. The van der Waals surface area contributed by atoms with Gasteiger partial charge in [0.25, 0.3) is 5.91 Å². The number of ether oxygens (including phenoxy) is 1. The van der Waals surface area contributed by atoms with Crippen LogP contribution in [0.25, 0.3) is 0 Å². The van der Waals surface area contributed by atoms with Crippen molar-refractivity contribution in [3.05, 3.63) is 106 Å². The Morgan fingerprint density at radius 1 is 1.06 bits per heavy atom. The second-order valence-electron chi connectivity index (χ2n) is 8.72. The number of nitrogens with one attached hydrogen (secondary N) is 2. The summed E-state index contributed by atoms with van der Waals surface area (Å²) >= 11 is 0. The van der Waals surface area contributed by atoms with Crippen molar-refractivity contribution in [1.29, 1.82) is 0 Å². The largest absolute Gasteiger partial charge is 0.387 e. The van der Waals surface area contributed by atoms with Gasteiger partial charge in [-0.2, -0.15) is 0 Å². The second-order valence-corrected chi connectivity index (χ2v) is 8.72. The van der Waals surface area contributed by atoms with E-state index in [1.165, 1.54) is 6.07 Å². The van der Waals surface area contributed by atoms with E-state index in [4.69, 9.17) is 4.74 Å². The average Bonchev–Trinajstić information content (AvgIpc) is 2.89. The van der Waals surface area contributed by atoms with Gasteiger partial charge in [0.05, 0.1) is 12.6 Å². The summed E-state index contributed by atoms with van der Waals surface area (Å²) in [6, 6.07) is 22.4. The van der Waals surface area contributed by atoms with E-state index >= 15 is 0 Å². The predicted octanol–water partition coefficient (Wildman–Crippen LogP) is 3.48. The summed E-state index contributed by atoms with van der Waals surface area (Å²) in [4.78, 5) is 28.9. The van der Waals surface area contributed by atoms with Gasteiger partial charge in [0, 0.05) is 44.1 Å². The van der Waals surface area contributed by atoms with E-state index in [2.05, 4.69) is 17.2 Å². The van der Waals surface area contributed by atoms with Crippen LogP contribution in [0.1, 0.15) is 52.7 Å². The standard InChI is InChI=1S/C28H35N3O4/c1-4-23(29-18-25(32)21-9-6-5-7-10-21)17-20-13-15-22(16-14-20)28(34)31(2)19-26(35-3)24-11-8-12-27(33)30-24/h5-16,23,25-26,29,32H,4,17-19H2,1-3H3,(H,30,33)/t23-,25-,26?/m0/s1. The molecule has 0 bridgehead atoms. The maximum atomic E-state index is 13.0. The number of H-pyrrole nitrogens is 1. The number of carbonyl (C=O) groups excluding carboxylic acids is 1. The first-order valence-corrected chi connectivity index (χ1v) is 11.9. The molecular weight excluding hydrogens is 442 g/mol. The van der Waals surface area contributed by atoms with Crippen LogP contribution in [0, 0.1) is 0 Å². The van der Waals surface area contributed by atoms with Crippen molar-refractivity contribution in [3.63, 3.8) is 0 Å². The highest BCUT2D eigenvalue weighted by Crippen LogP contribution is 2.17. The summed E-state index contributed by atoms with van der Waals surface area (Å²) in [5, 5.41) is 13.9. The number of hydrogen-bond donors (Lipinski definition) is 3. The minimum absolute atomic E-state index is 0.118. The first-order chi connectivity index (χ1) is 16.9. The lowest BCUT2D eigenvalue weighted by Crippen LogP contribution is -2.34. The highest BCUT2D eigenvalue weighted by Gasteiger charge is 2.19. The fourth-order valence-electron chi connectivity index (χ4n) is 4.00. The minimum Gasteiger partial charge on any atom is -0.387 e. The molecule has 1 unspecified atom stereocenters. The number of likely N-dealkylation sites (N-methyl/N-ethyl adjacent to an activating group) is 1. The third kappa shape index (κ3) is 7.62. The van der Waals surface area contributed by atoms with Gasteiger partial charge in [-0.05, 0) is 42.2 Å². The molecule has 1 aromatic heterocycles. The van der Waals surface area contributed by atoms with Gasteiger partial charge in [0.15, 0.2) is 0 Å². The molecule has 35 heavy (non-hydrogen) atoms. The molecule has 1 heterocycles. The Morgan fingerprint density at radius 3 is 2.40 bits per heavy atom. The molecule has 186 valence electrons. The number of nitrogens with zero attached hydrogens (tertiary/aromatic N) is 1. The Balaban J connectivity index is 1.55. The molecule has 0 saturated heterocycles. The van der Waals surface area contributed by atoms with Crippen LogP contribution < -0.4 is 10.9 Å². The molecule has 7 nitrogen and oxygen atoms in total. The number of amides is 1. The van der Waals surface area contributed by atoms with E-state index in [-0.39, 0.29) is 17.5 Å². The van der Waals surface area contributed by atoms with Gasteiger partial charge in [0.1, 0.15) is 6.10 Å². The zero-order valence-electron chi connectivity index (χ0n) is 20.6. The molecule has 0 aliphatic carbocycles. The first kappa shape index (κ1) is 26.3. The third-order valence-electron chi connectivity index (χ3n) is 6.17. The number of aromatic amines is 1. The summed E-state index contributed by atoms with van der Waals surface area (Å²) in [7, 11) is 3.28. The van der Waals surface area contributed by atoms with Gasteiger partial charge < -0.3 is 25.0 Å². The van der Waals surface area contributed by atoms with Crippen LogP contribution in [0.2, 0.25) is 0 Å². The van der Waals surface area contributed by atoms with Crippen molar-refractivity contribution in [2.75, 3.05) is 27.2 Å².